The molecule has 116 valence electrons. The molecule has 1 atom stereocenters. The van der Waals surface area contributed by atoms with Crippen LogP contribution in [0.1, 0.15) is 12.8 Å². The van der Waals surface area contributed by atoms with Crippen LogP contribution in [0.4, 0.5) is 8.78 Å². The molecule has 7 nitrogen and oxygen atoms in total. The van der Waals surface area contributed by atoms with Crippen molar-refractivity contribution in [1.29, 1.82) is 0 Å². The largest absolute Gasteiger partial charge is 0.480 e. The lowest BCUT2D eigenvalue weighted by Gasteiger charge is -2.14. The van der Waals surface area contributed by atoms with Crippen LogP contribution in [0.2, 0.25) is 0 Å². The number of carboxylic acids is 1. The molecule has 0 radical (unpaired) electrons. The molecule has 0 saturated heterocycles. The van der Waals surface area contributed by atoms with Crippen LogP contribution in [-0.2, 0) is 19.6 Å². The molecule has 0 heterocycles. The first-order valence-electron chi connectivity index (χ1n) is 5.62. The molecule has 0 saturated carbocycles. The van der Waals surface area contributed by atoms with Gasteiger partial charge in [-0.15, -0.1) is 0 Å². The summed E-state index contributed by atoms with van der Waals surface area (Å²) in [7, 11) is -4.52. The number of primary amides is 1. The van der Waals surface area contributed by atoms with Gasteiger partial charge in [0, 0.05) is 12.5 Å². The van der Waals surface area contributed by atoms with Crippen molar-refractivity contribution in [2.24, 2.45) is 5.73 Å². The van der Waals surface area contributed by atoms with Gasteiger partial charge in [0.2, 0.25) is 15.9 Å². The Labute approximate surface area is 118 Å². The first-order valence-corrected chi connectivity index (χ1v) is 7.10. The van der Waals surface area contributed by atoms with Gasteiger partial charge in [0.15, 0.2) is 0 Å². The summed E-state index contributed by atoms with van der Waals surface area (Å²) in [5.74, 6) is -4.70. The minimum absolute atomic E-state index is 0.355. The number of benzene rings is 1. The van der Waals surface area contributed by atoms with E-state index < -0.39 is 50.9 Å². The van der Waals surface area contributed by atoms with Crippen molar-refractivity contribution in [3.63, 3.8) is 0 Å². The highest BCUT2D eigenvalue weighted by atomic mass is 32.2. The van der Waals surface area contributed by atoms with E-state index in [9.17, 15) is 26.8 Å². The average Bonchev–Trinajstić information content (AvgIpc) is 2.33. The number of carboxylic acid groups (broad SMARTS) is 1. The second-order valence-corrected chi connectivity index (χ2v) is 5.77. The minimum Gasteiger partial charge on any atom is -0.480 e. The zero-order valence-electron chi connectivity index (χ0n) is 10.5. The molecule has 0 fully saturated rings. The minimum atomic E-state index is -4.52. The molecule has 0 aliphatic heterocycles. The Kier molecular flexibility index (Phi) is 5.33. The van der Waals surface area contributed by atoms with Crippen molar-refractivity contribution in [1.82, 2.24) is 4.72 Å². The highest BCUT2D eigenvalue weighted by molar-refractivity contribution is 7.89. The highest BCUT2D eigenvalue weighted by Gasteiger charge is 2.27. The molecule has 4 N–H and O–H groups in total. The summed E-state index contributed by atoms with van der Waals surface area (Å²) in [5, 5.41) is 8.88. The molecule has 1 rings (SSSR count). The van der Waals surface area contributed by atoms with Crippen LogP contribution in [0.3, 0.4) is 0 Å². The van der Waals surface area contributed by atoms with Crippen molar-refractivity contribution >= 4 is 21.9 Å². The van der Waals surface area contributed by atoms with Gasteiger partial charge in [-0.2, -0.15) is 4.72 Å². The fourth-order valence-corrected chi connectivity index (χ4v) is 2.75. The van der Waals surface area contributed by atoms with Crippen molar-refractivity contribution < 1.29 is 31.9 Å². The molecule has 0 aromatic heterocycles. The third-order valence-corrected chi connectivity index (χ3v) is 3.96. The second-order valence-electron chi connectivity index (χ2n) is 4.09. The van der Waals surface area contributed by atoms with Gasteiger partial charge in [0.25, 0.3) is 0 Å². The summed E-state index contributed by atoms with van der Waals surface area (Å²) < 4.78 is 51.6. The van der Waals surface area contributed by atoms with E-state index in [4.69, 9.17) is 10.8 Å². The van der Waals surface area contributed by atoms with Gasteiger partial charge < -0.3 is 10.8 Å². The third kappa shape index (κ3) is 4.76. The maximum absolute atomic E-state index is 13.4. The van der Waals surface area contributed by atoms with Crippen LogP contribution in [0.15, 0.2) is 23.1 Å². The summed E-state index contributed by atoms with van der Waals surface area (Å²) in [6, 6.07) is 0.0804. The highest BCUT2D eigenvalue weighted by Crippen LogP contribution is 2.16. The van der Waals surface area contributed by atoms with E-state index in [1.165, 1.54) is 0 Å². The second kappa shape index (κ2) is 6.59. The fraction of sp³-hybridized carbons (Fsp3) is 0.273. The van der Waals surface area contributed by atoms with Crippen LogP contribution in [0.5, 0.6) is 0 Å². The van der Waals surface area contributed by atoms with Crippen molar-refractivity contribution in [3.8, 4) is 0 Å². The van der Waals surface area contributed by atoms with E-state index in [0.717, 1.165) is 6.07 Å². The summed E-state index contributed by atoms with van der Waals surface area (Å²) in [6.07, 6.45) is -0.766. The van der Waals surface area contributed by atoms with E-state index >= 15 is 0 Å². The number of nitrogens with two attached hydrogens (primary N) is 1. The zero-order chi connectivity index (χ0) is 16.2. The molecule has 0 aliphatic rings. The number of halogens is 2. The van der Waals surface area contributed by atoms with Gasteiger partial charge >= 0.3 is 5.97 Å². The first kappa shape index (κ1) is 17.0. The Morgan fingerprint density at radius 2 is 1.95 bits per heavy atom. The van der Waals surface area contributed by atoms with Gasteiger partial charge in [-0.1, -0.05) is 0 Å². The fourth-order valence-electron chi connectivity index (χ4n) is 1.46. The lowest BCUT2D eigenvalue weighted by Crippen LogP contribution is -2.41. The molecule has 10 heteroatoms. The molecule has 21 heavy (non-hydrogen) atoms. The Morgan fingerprint density at radius 3 is 2.43 bits per heavy atom. The molecule has 1 aromatic carbocycles. The van der Waals surface area contributed by atoms with E-state index in [-0.39, 0.29) is 6.42 Å². The van der Waals surface area contributed by atoms with Crippen LogP contribution in [-0.4, -0.2) is 31.4 Å². The van der Waals surface area contributed by atoms with Crippen LogP contribution >= 0.6 is 0 Å². The predicted molar refractivity (Wildman–Crippen MR) is 66.5 cm³/mol. The Hall–Kier alpha value is -2.07. The number of sulfonamides is 1. The van der Waals surface area contributed by atoms with Crippen molar-refractivity contribution in [2.75, 3.05) is 0 Å². The number of nitrogens with one attached hydrogen (secondary N) is 1. The normalized spacial score (nSPS) is 12.9. The van der Waals surface area contributed by atoms with E-state index in [0.29, 0.717) is 12.1 Å². The molecule has 0 unspecified atom stereocenters. The van der Waals surface area contributed by atoms with Crippen LogP contribution in [0.25, 0.3) is 0 Å². The smallest absolute Gasteiger partial charge is 0.321 e. The summed E-state index contributed by atoms with van der Waals surface area (Å²) in [5.41, 5.74) is 4.85. The molecular weight excluding hydrogens is 310 g/mol. The lowest BCUT2D eigenvalue weighted by atomic mass is 10.2. The number of carbonyl (C=O) groups excluding carboxylic acids is 1. The quantitative estimate of drug-likeness (QED) is 0.649. The van der Waals surface area contributed by atoms with E-state index in [1.54, 1.807) is 4.72 Å². The Bertz CT molecular complexity index is 663. The van der Waals surface area contributed by atoms with Gasteiger partial charge in [-0.05, 0) is 18.6 Å². The number of aliphatic carboxylic acids is 1. The van der Waals surface area contributed by atoms with Crippen LogP contribution < -0.4 is 10.5 Å². The number of rotatable bonds is 7. The number of amides is 1. The number of carbonyl (C=O) groups is 2. The molecular formula is C11H12F2N2O5S. The maximum Gasteiger partial charge on any atom is 0.321 e. The molecule has 0 bridgehead atoms. The average molecular weight is 322 g/mol. The SMILES string of the molecule is NC(=O)CC[C@@H](NS(=O)(=O)c1ccc(F)cc1F)C(=O)O. The summed E-state index contributed by atoms with van der Waals surface area (Å²) in [4.78, 5) is 20.6. The van der Waals surface area contributed by atoms with Gasteiger partial charge in [0.05, 0.1) is 0 Å². The van der Waals surface area contributed by atoms with Crippen molar-refractivity contribution in [3.05, 3.63) is 29.8 Å². The summed E-state index contributed by atoms with van der Waals surface area (Å²) in [6.45, 7) is 0. The topological polar surface area (TPSA) is 127 Å². The van der Waals surface area contributed by atoms with Gasteiger partial charge in [0.1, 0.15) is 22.6 Å². The Morgan fingerprint density at radius 1 is 1.33 bits per heavy atom. The number of hydrogen-bond donors (Lipinski definition) is 3. The molecule has 0 aliphatic carbocycles. The Balaban J connectivity index is 3.00. The zero-order valence-corrected chi connectivity index (χ0v) is 11.4. The van der Waals surface area contributed by atoms with E-state index in [2.05, 4.69) is 0 Å². The van der Waals surface area contributed by atoms with Gasteiger partial charge in [-0.25, -0.2) is 17.2 Å². The van der Waals surface area contributed by atoms with Gasteiger partial charge in [-0.3, -0.25) is 9.59 Å². The molecule has 1 amide bonds. The van der Waals surface area contributed by atoms with Crippen molar-refractivity contribution in [2.45, 2.75) is 23.8 Å². The molecule has 1 aromatic rings. The maximum atomic E-state index is 13.4. The number of hydrogen-bond acceptors (Lipinski definition) is 4. The van der Waals surface area contributed by atoms with E-state index in [1.807, 2.05) is 0 Å². The van der Waals surface area contributed by atoms with Crippen LogP contribution in [0, 0.1) is 11.6 Å². The lowest BCUT2D eigenvalue weighted by molar-refractivity contribution is -0.139. The third-order valence-electron chi connectivity index (χ3n) is 2.46. The predicted octanol–water partition coefficient (Wildman–Crippen LogP) is -0.0382. The monoisotopic (exact) mass is 322 g/mol. The first-order chi connectivity index (χ1) is 9.63. The molecule has 0 spiro atoms. The standard InChI is InChI=1S/C11H12F2N2O5S/c12-6-1-3-9(7(13)5-6)21(19,20)15-8(11(17)18)2-4-10(14)16/h1,3,5,8,15H,2,4H2,(H2,14,16)(H,17,18)/t8-/m1/s1. The summed E-state index contributed by atoms with van der Waals surface area (Å²) >= 11 is 0.